The van der Waals surface area contributed by atoms with E-state index in [2.05, 4.69) is 23.5 Å². The van der Waals surface area contributed by atoms with E-state index in [0.717, 1.165) is 0 Å². The molecule has 1 aliphatic rings. The molecule has 0 bridgehead atoms. The Kier molecular flexibility index (Phi) is 12.4. The van der Waals surface area contributed by atoms with Crippen LogP contribution in [0.4, 0.5) is 0 Å². The molecule has 0 aliphatic carbocycles. The summed E-state index contributed by atoms with van der Waals surface area (Å²) in [4.78, 5) is 0. The zero-order valence-electron chi connectivity index (χ0n) is 12.0. The van der Waals surface area contributed by atoms with E-state index in [1.54, 1.807) is 0 Å². The Morgan fingerprint density at radius 1 is 0.905 bits per heavy atom. The average molecular weight is 340 g/mol. The van der Waals surface area contributed by atoms with Crippen molar-refractivity contribution in [2.45, 2.75) is 6.10 Å². The van der Waals surface area contributed by atoms with E-state index in [4.69, 9.17) is 35.9 Å². The van der Waals surface area contributed by atoms with Crippen LogP contribution in [0.1, 0.15) is 0 Å². The van der Waals surface area contributed by atoms with Gasteiger partial charge in [0.15, 0.2) is 0 Å². The number of hydrogen-bond acceptors (Lipinski definition) is 7. The van der Waals surface area contributed by atoms with Crippen molar-refractivity contribution in [3.8, 4) is 0 Å². The van der Waals surface area contributed by atoms with E-state index < -0.39 is 0 Å². The molecule has 0 aromatic carbocycles. The Balaban J connectivity index is 2.24. The highest BCUT2D eigenvalue weighted by molar-refractivity contribution is 8.11. The molecule has 1 rings (SSSR count). The van der Waals surface area contributed by atoms with Gasteiger partial charge < -0.3 is 29.1 Å². The number of rotatable bonds is 3. The Hall–Kier alpha value is -0.0000000000000000971. The van der Waals surface area contributed by atoms with Crippen LogP contribution in [-0.2, 0) is 23.7 Å². The first kappa shape index (κ1) is 19.0. The lowest BCUT2D eigenvalue weighted by atomic mass is 10.4. The van der Waals surface area contributed by atoms with Gasteiger partial charge in [-0.2, -0.15) is 0 Å². The van der Waals surface area contributed by atoms with Gasteiger partial charge in [-0.25, -0.2) is 5.43 Å². The lowest BCUT2D eigenvalue weighted by Crippen LogP contribution is -2.42. The minimum Gasteiger partial charge on any atom is -0.377 e. The summed E-state index contributed by atoms with van der Waals surface area (Å²) in [5, 5.41) is 0. The SMILES string of the molecule is S=C(S)NNCC1COCCOCCOCCOCCO1. The van der Waals surface area contributed by atoms with Gasteiger partial charge >= 0.3 is 0 Å². The number of hydrazine groups is 1. The second-order valence-electron chi connectivity index (χ2n) is 4.22. The monoisotopic (exact) mass is 340 g/mol. The van der Waals surface area contributed by atoms with Crippen LogP contribution >= 0.6 is 24.8 Å². The summed E-state index contributed by atoms with van der Waals surface area (Å²) in [6, 6.07) is 0. The van der Waals surface area contributed by atoms with Crippen LogP contribution < -0.4 is 10.9 Å². The summed E-state index contributed by atoms with van der Waals surface area (Å²) in [6.45, 7) is 5.35. The van der Waals surface area contributed by atoms with Crippen LogP contribution in [0.25, 0.3) is 0 Å². The zero-order valence-corrected chi connectivity index (χ0v) is 13.8. The first-order valence-electron chi connectivity index (χ1n) is 6.93. The molecule has 124 valence electrons. The summed E-state index contributed by atoms with van der Waals surface area (Å²) in [5.74, 6) is 0. The summed E-state index contributed by atoms with van der Waals surface area (Å²) in [6.07, 6.45) is -0.106. The van der Waals surface area contributed by atoms with E-state index >= 15 is 0 Å². The Morgan fingerprint density at radius 3 is 2.00 bits per heavy atom. The lowest BCUT2D eigenvalue weighted by molar-refractivity contribution is -0.0449. The Bertz CT molecular complexity index is 258. The molecule has 1 saturated heterocycles. The van der Waals surface area contributed by atoms with E-state index in [0.29, 0.717) is 70.3 Å². The van der Waals surface area contributed by atoms with Crippen molar-refractivity contribution in [2.24, 2.45) is 0 Å². The van der Waals surface area contributed by atoms with Crippen LogP contribution in [0.15, 0.2) is 0 Å². The third-order valence-electron chi connectivity index (χ3n) is 2.53. The van der Waals surface area contributed by atoms with Gasteiger partial charge in [0, 0.05) is 6.54 Å². The maximum atomic E-state index is 5.70. The van der Waals surface area contributed by atoms with Crippen LogP contribution in [0.2, 0.25) is 0 Å². The van der Waals surface area contributed by atoms with E-state index in [1.807, 2.05) is 0 Å². The van der Waals surface area contributed by atoms with Gasteiger partial charge in [0.2, 0.25) is 0 Å². The Labute approximate surface area is 136 Å². The second kappa shape index (κ2) is 13.6. The Morgan fingerprint density at radius 2 is 1.43 bits per heavy atom. The number of ether oxygens (including phenoxy) is 5. The van der Waals surface area contributed by atoms with Gasteiger partial charge in [-0.1, -0.05) is 12.2 Å². The summed E-state index contributed by atoms with van der Waals surface area (Å²) < 4.78 is 27.7. The third-order valence-corrected chi connectivity index (χ3v) is 2.74. The van der Waals surface area contributed by atoms with Gasteiger partial charge in [0.1, 0.15) is 4.32 Å². The van der Waals surface area contributed by atoms with Crippen molar-refractivity contribution in [3.05, 3.63) is 0 Å². The molecule has 0 aromatic heterocycles. The molecule has 2 N–H and O–H groups in total. The van der Waals surface area contributed by atoms with E-state index in [9.17, 15) is 0 Å². The molecule has 0 amide bonds. The molecule has 0 spiro atoms. The maximum Gasteiger partial charge on any atom is 0.144 e. The molecule has 1 fully saturated rings. The second-order valence-corrected chi connectivity index (χ2v) is 5.37. The highest BCUT2D eigenvalue weighted by Gasteiger charge is 2.09. The van der Waals surface area contributed by atoms with Crippen LogP contribution in [0.3, 0.4) is 0 Å². The quantitative estimate of drug-likeness (QED) is 0.369. The summed E-state index contributed by atoms with van der Waals surface area (Å²) in [7, 11) is 0. The number of thiocarbonyl (C=S) groups is 1. The molecule has 21 heavy (non-hydrogen) atoms. The van der Waals surface area contributed by atoms with Crippen molar-refractivity contribution in [2.75, 3.05) is 66.0 Å². The summed E-state index contributed by atoms with van der Waals surface area (Å²) in [5.41, 5.74) is 5.68. The van der Waals surface area contributed by atoms with Gasteiger partial charge in [0.05, 0.1) is 65.6 Å². The average Bonchev–Trinajstić information content (AvgIpc) is 2.46. The minimum absolute atomic E-state index is 0.106. The normalized spacial score (nSPS) is 23.8. The fourth-order valence-electron chi connectivity index (χ4n) is 1.55. The maximum absolute atomic E-state index is 5.70. The molecule has 9 heteroatoms. The number of hydrogen-bond donors (Lipinski definition) is 3. The molecule has 1 unspecified atom stereocenters. The molecule has 1 heterocycles. The van der Waals surface area contributed by atoms with Gasteiger partial charge in [-0.3, -0.25) is 0 Å². The van der Waals surface area contributed by atoms with Crippen molar-refractivity contribution in [3.63, 3.8) is 0 Å². The minimum atomic E-state index is -0.106. The highest BCUT2D eigenvalue weighted by Crippen LogP contribution is 1.94. The van der Waals surface area contributed by atoms with Gasteiger partial charge in [-0.15, -0.1) is 12.6 Å². The lowest BCUT2D eigenvalue weighted by Gasteiger charge is -2.19. The first-order valence-corrected chi connectivity index (χ1v) is 7.79. The van der Waals surface area contributed by atoms with Crippen molar-refractivity contribution >= 4 is 29.2 Å². The van der Waals surface area contributed by atoms with Crippen LogP contribution in [-0.4, -0.2) is 76.4 Å². The van der Waals surface area contributed by atoms with Crippen molar-refractivity contribution in [1.82, 2.24) is 10.9 Å². The fourth-order valence-corrected chi connectivity index (χ4v) is 1.71. The van der Waals surface area contributed by atoms with E-state index in [1.165, 1.54) is 0 Å². The first-order chi connectivity index (χ1) is 10.3. The summed E-state index contributed by atoms with van der Waals surface area (Å²) >= 11 is 8.76. The zero-order chi connectivity index (χ0) is 15.2. The molecule has 1 aliphatic heterocycles. The van der Waals surface area contributed by atoms with Crippen LogP contribution in [0, 0.1) is 0 Å². The van der Waals surface area contributed by atoms with Crippen molar-refractivity contribution in [1.29, 1.82) is 0 Å². The predicted octanol–water partition coefficient (Wildman–Crippen LogP) is -0.239. The van der Waals surface area contributed by atoms with Crippen LogP contribution in [0.5, 0.6) is 0 Å². The predicted molar refractivity (Wildman–Crippen MR) is 85.7 cm³/mol. The van der Waals surface area contributed by atoms with Crippen molar-refractivity contribution < 1.29 is 23.7 Å². The molecule has 1 atom stereocenters. The smallest absolute Gasteiger partial charge is 0.144 e. The molecule has 0 radical (unpaired) electrons. The molecule has 7 nitrogen and oxygen atoms in total. The molecule has 0 saturated carbocycles. The largest absolute Gasteiger partial charge is 0.377 e. The standard InChI is InChI=1S/C12H24N2O5S2/c20-12(21)14-13-9-11-10-18-6-5-16-2-1-15-3-4-17-7-8-19-11/h11,13H,1-10H2,(H2,14,20,21). The molecule has 0 aromatic rings. The number of nitrogens with one attached hydrogen (secondary N) is 2. The number of thiol groups is 1. The third kappa shape index (κ3) is 12.2. The molecular formula is C12H24N2O5S2. The van der Waals surface area contributed by atoms with Gasteiger partial charge in [-0.05, 0) is 0 Å². The molecular weight excluding hydrogens is 316 g/mol. The topological polar surface area (TPSA) is 70.2 Å². The fraction of sp³-hybridized carbons (Fsp3) is 0.917. The van der Waals surface area contributed by atoms with Gasteiger partial charge in [0.25, 0.3) is 0 Å². The highest BCUT2D eigenvalue weighted by atomic mass is 32.1. The van der Waals surface area contributed by atoms with E-state index in [-0.39, 0.29) is 6.10 Å².